The van der Waals surface area contributed by atoms with Gasteiger partial charge in [-0.3, -0.25) is 14.2 Å². The molecule has 1 aliphatic heterocycles. The van der Waals surface area contributed by atoms with Crippen molar-refractivity contribution < 1.29 is 9.90 Å². The van der Waals surface area contributed by atoms with Gasteiger partial charge in [0.2, 0.25) is 0 Å². The Balaban J connectivity index is 1.54. The normalized spacial score (nSPS) is 19.1. The average Bonchev–Trinajstić information content (AvgIpc) is 2.74. The minimum absolute atomic E-state index is 0.0734. The van der Waals surface area contributed by atoms with Gasteiger partial charge < -0.3 is 10.4 Å². The molecular formula is C23H24ClN3O3. The lowest BCUT2D eigenvalue weighted by Crippen LogP contribution is -2.46. The van der Waals surface area contributed by atoms with Crippen LogP contribution in [0.4, 0.5) is 0 Å². The van der Waals surface area contributed by atoms with Gasteiger partial charge in [-0.15, -0.1) is 0 Å². The van der Waals surface area contributed by atoms with E-state index in [1.54, 1.807) is 6.07 Å². The third-order valence-corrected chi connectivity index (χ3v) is 5.92. The molecule has 4 rings (SSSR count). The number of benzene rings is 2. The molecular weight excluding hydrogens is 402 g/mol. The Morgan fingerprint density at radius 2 is 2.07 bits per heavy atom. The van der Waals surface area contributed by atoms with E-state index < -0.39 is 6.10 Å². The summed E-state index contributed by atoms with van der Waals surface area (Å²) in [5.74, 6) is -0.122. The van der Waals surface area contributed by atoms with Gasteiger partial charge in [-0.1, -0.05) is 41.9 Å². The van der Waals surface area contributed by atoms with Crippen LogP contribution in [0.5, 0.6) is 0 Å². The number of piperidine rings is 1. The number of nitrogens with one attached hydrogen (secondary N) is 1. The highest BCUT2D eigenvalue weighted by atomic mass is 35.5. The summed E-state index contributed by atoms with van der Waals surface area (Å²) < 4.78 is 1.31. The molecule has 0 bridgehead atoms. The number of aromatic nitrogens is 2. The van der Waals surface area contributed by atoms with Crippen molar-refractivity contribution in [1.82, 2.24) is 14.9 Å². The highest BCUT2D eigenvalue weighted by Gasteiger charge is 2.25. The number of Topliss-reactive ketones (excluding diaryl/α,β-unsaturated/α-hetero) is 1. The number of fused-ring (bicyclic) bond motifs is 1. The molecule has 30 heavy (non-hydrogen) atoms. The van der Waals surface area contributed by atoms with Crippen molar-refractivity contribution in [3.05, 3.63) is 75.3 Å². The van der Waals surface area contributed by atoms with Crippen LogP contribution in [0.2, 0.25) is 5.02 Å². The van der Waals surface area contributed by atoms with E-state index in [4.69, 9.17) is 11.6 Å². The molecule has 0 unspecified atom stereocenters. The molecule has 6 nitrogen and oxygen atoms in total. The first-order chi connectivity index (χ1) is 14.5. The Kier molecular flexibility index (Phi) is 6.27. The van der Waals surface area contributed by atoms with Crippen LogP contribution in [-0.4, -0.2) is 39.1 Å². The second kappa shape index (κ2) is 9.08. The quantitative estimate of drug-likeness (QED) is 0.634. The summed E-state index contributed by atoms with van der Waals surface area (Å²) in [6, 6.07) is 13.2. The molecule has 2 aromatic carbocycles. The lowest BCUT2D eigenvalue weighted by atomic mass is 9.97. The van der Waals surface area contributed by atoms with E-state index in [0.29, 0.717) is 28.8 Å². The predicted molar refractivity (Wildman–Crippen MR) is 117 cm³/mol. The van der Waals surface area contributed by atoms with Crippen molar-refractivity contribution in [1.29, 1.82) is 0 Å². The molecule has 1 fully saturated rings. The second-order valence-electron chi connectivity index (χ2n) is 7.81. The number of hydrogen-bond donors (Lipinski definition) is 2. The first-order valence-corrected chi connectivity index (χ1v) is 10.5. The van der Waals surface area contributed by atoms with Gasteiger partial charge in [0.05, 0.1) is 29.9 Å². The minimum atomic E-state index is -0.531. The summed E-state index contributed by atoms with van der Waals surface area (Å²) >= 11 is 6.45. The Bertz CT molecular complexity index is 1110. The van der Waals surface area contributed by atoms with Crippen molar-refractivity contribution in [2.24, 2.45) is 0 Å². The summed E-state index contributed by atoms with van der Waals surface area (Å²) in [4.78, 5) is 29.8. The van der Waals surface area contributed by atoms with Crippen LogP contribution in [-0.2, 0) is 17.8 Å². The molecule has 1 aliphatic rings. The van der Waals surface area contributed by atoms with Crippen molar-refractivity contribution in [3.63, 3.8) is 0 Å². The zero-order valence-corrected chi connectivity index (χ0v) is 17.3. The van der Waals surface area contributed by atoms with Crippen LogP contribution in [0.1, 0.15) is 30.4 Å². The Morgan fingerprint density at radius 3 is 2.83 bits per heavy atom. The summed E-state index contributed by atoms with van der Waals surface area (Å²) in [7, 11) is 0. The molecule has 156 valence electrons. The van der Waals surface area contributed by atoms with Crippen molar-refractivity contribution in [2.45, 2.75) is 44.4 Å². The van der Waals surface area contributed by atoms with Gasteiger partial charge in [-0.05, 0) is 49.1 Å². The van der Waals surface area contributed by atoms with Crippen LogP contribution in [0.25, 0.3) is 10.9 Å². The van der Waals surface area contributed by atoms with Gasteiger partial charge in [0.25, 0.3) is 5.56 Å². The number of carbonyl (C=O) groups excluding carboxylic acids is 1. The first kappa shape index (κ1) is 20.7. The summed E-state index contributed by atoms with van der Waals surface area (Å²) in [6.07, 6.45) is 3.29. The highest BCUT2D eigenvalue weighted by molar-refractivity contribution is 6.32. The fraction of sp³-hybridized carbons (Fsp3) is 0.348. The summed E-state index contributed by atoms with van der Waals surface area (Å²) in [6.45, 7) is 0.715. The zero-order chi connectivity index (χ0) is 21.1. The Hall–Kier alpha value is -2.54. The maximum absolute atomic E-state index is 12.9. The monoisotopic (exact) mass is 425 g/mol. The summed E-state index contributed by atoms with van der Waals surface area (Å²) in [5.41, 5.74) is 2.28. The first-order valence-electron chi connectivity index (χ1n) is 10.2. The fourth-order valence-corrected chi connectivity index (χ4v) is 4.16. The van der Waals surface area contributed by atoms with E-state index in [-0.39, 0.29) is 30.3 Å². The topological polar surface area (TPSA) is 84.2 Å². The minimum Gasteiger partial charge on any atom is -0.391 e. The molecule has 0 amide bonds. The number of carbonyl (C=O) groups is 1. The van der Waals surface area contributed by atoms with Gasteiger partial charge in [-0.2, -0.15) is 0 Å². The van der Waals surface area contributed by atoms with Crippen molar-refractivity contribution in [3.8, 4) is 0 Å². The Morgan fingerprint density at radius 1 is 1.27 bits per heavy atom. The molecule has 0 aliphatic carbocycles. The number of nitrogens with zero attached hydrogens (tertiary/aromatic N) is 2. The Labute approximate surface area is 179 Å². The third-order valence-electron chi connectivity index (χ3n) is 5.57. The molecule has 3 aromatic rings. The van der Waals surface area contributed by atoms with E-state index in [2.05, 4.69) is 10.3 Å². The van der Waals surface area contributed by atoms with E-state index in [1.807, 2.05) is 36.4 Å². The van der Waals surface area contributed by atoms with E-state index in [1.165, 1.54) is 10.9 Å². The van der Waals surface area contributed by atoms with Crippen LogP contribution in [0, 0.1) is 0 Å². The SMILES string of the molecule is O=C(C[C@H]1NCCC[C@@H]1O)Cn1cnc2cc(Cc3ccccc3)c(Cl)cc2c1=O. The largest absolute Gasteiger partial charge is 0.391 e. The molecule has 2 N–H and O–H groups in total. The predicted octanol–water partition coefficient (Wildman–Crippen LogP) is 2.71. The van der Waals surface area contributed by atoms with Gasteiger partial charge in [0, 0.05) is 17.5 Å². The molecule has 0 radical (unpaired) electrons. The third kappa shape index (κ3) is 4.61. The maximum Gasteiger partial charge on any atom is 0.261 e. The molecule has 2 atom stereocenters. The van der Waals surface area contributed by atoms with Crippen LogP contribution in [0.3, 0.4) is 0 Å². The van der Waals surface area contributed by atoms with Crippen molar-refractivity contribution in [2.75, 3.05) is 6.54 Å². The number of hydrogen-bond acceptors (Lipinski definition) is 5. The molecule has 0 spiro atoms. The van der Waals surface area contributed by atoms with E-state index in [9.17, 15) is 14.7 Å². The highest BCUT2D eigenvalue weighted by Crippen LogP contribution is 2.23. The van der Waals surface area contributed by atoms with Gasteiger partial charge in [0.1, 0.15) is 0 Å². The smallest absolute Gasteiger partial charge is 0.261 e. The number of aliphatic hydroxyl groups excluding tert-OH is 1. The number of aliphatic hydroxyl groups is 1. The molecule has 2 heterocycles. The molecule has 1 aromatic heterocycles. The molecule has 1 saturated heterocycles. The van der Waals surface area contributed by atoms with Crippen LogP contribution in [0.15, 0.2) is 53.6 Å². The summed E-state index contributed by atoms with van der Waals surface area (Å²) in [5, 5.41) is 14.1. The number of ketones is 1. The van der Waals surface area contributed by atoms with Gasteiger partial charge in [0.15, 0.2) is 5.78 Å². The maximum atomic E-state index is 12.9. The molecule has 7 heteroatoms. The second-order valence-corrected chi connectivity index (χ2v) is 8.22. The van der Waals surface area contributed by atoms with Crippen LogP contribution >= 0.6 is 11.6 Å². The fourth-order valence-electron chi connectivity index (χ4n) is 3.93. The van der Waals surface area contributed by atoms with Gasteiger partial charge in [-0.25, -0.2) is 4.98 Å². The lowest BCUT2D eigenvalue weighted by molar-refractivity contribution is -0.121. The standard InChI is InChI=1S/C23H24ClN3O3/c24-19-12-18-20(10-16(19)9-15-5-2-1-3-6-15)26-14-27(23(18)30)13-17(28)11-21-22(29)7-4-8-25-21/h1-3,5-6,10,12,14,21-22,25,29H,4,7-9,11,13H2/t21-,22+/m1/s1. The van der Waals surface area contributed by atoms with Gasteiger partial charge >= 0.3 is 0 Å². The van der Waals surface area contributed by atoms with E-state index >= 15 is 0 Å². The van der Waals surface area contributed by atoms with Crippen molar-refractivity contribution >= 4 is 28.3 Å². The van der Waals surface area contributed by atoms with E-state index in [0.717, 1.165) is 24.1 Å². The van der Waals surface area contributed by atoms with Crippen LogP contribution < -0.4 is 10.9 Å². The molecule has 0 saturated carbocycles. The number of rotatable bonds is 6. The number of halogens is 1. The average molecular weight is 426 g/mol. The lowest BCUT2D eigenvalue weighted by Gasteiger charge is -2.28. The zero-order valence-electron chi connectivity index (χ0n) is 16.6.